The van der Waals surface area contributed by atoms with Gasteiger partial charge in [0.15, 0.2) is 0 Å². The van der Waals surface area contributed by atoms with E-state index < -0.39 is 0 Å². The molecule has 0 unspecified atom stereocenters. The average Bonchev–Trinajstić information content (AvgIpc) is 2.84. The zero-order chi connectivity index (χ0) is 14.5. The Morgan fingerprint density at radius 3 is 2.80 bits per heavy atom. The first kappa shape index (κ1) is 14.8. The summed E-state index contributed by atoms with van der Waals surface area (Å²) in [7, 11) is 1.89. The fraction of sp³-hybridized carbons (Fsp3) is 0.462. The summed E-state index contributed by atoms with van der Waals surface area (Å²) in [5.41, 5.74) is 1.79. The predicted molar refractivity (Wildman–Crippen MR) is 81.9 cm³/mol. The van der Waals surface area contributed by atoms with E-state index in [1.807, 2.05) is 26.4 Å². The maximum absolute atomic E-state index is 12.0. The molecule has 2 rings (SSSR count). The fourth-order valence-electron chi connectivity index (χ4n) is 1.90. The van der Waals surface area contributed by atoms with E-state index in [9.17, 15) is 4.79 Å². The molecule has 0 aliphatic rings. The summed E-state index contributed by atoms with van der Waals surface area (Å²) in [4.78, 5) is 12.0. The summed E-state index contributed by atoms with van der Waals surface area (Å²) in [6.07, 6.45) is 7.23. The molecule has 0 aliphatic heterocycles. The van der Waals surface area contributed by atoms with Crippen LogP contribution in [-0.4, -0.2) is 26.1 Å². The highest BCUT2D eigenvalue weighted by Crippen LogP contribution is 2.16. The molecule has 2 aromatic heterocycles. The van der Waals surface area contributed by atoms with E-state index in [4.69, 9.17) is 0 Å². The van der Waals surface area contributed by atoms with Crippen molar-refractivity contribution in [3.05, 3.63) is 39.0 Å². The van der Waals surface area contributed by atoms with Gasteiger partial charge in [0.2, 0.25) is 0 Å². The summed E-state index contributed by atoms with van der Waals surface area (Å²) in [6, 6.07) is 0. The monoisotopic (exact) mass is 339 g/mol. The summed E-state index contributed by atoms with van der Waals surface area (Å²) in [5, 5.41) is 11.5. The molecule has 0 spiro atoms. The molecular formula is C13H18BrN5O. The predicted octanol–water partition coefficient (Wildman–Crippen LogP) is 1.80. The molecule has 6 nitrogen and oxygen atoms in total. The first-order chi connectivity index (χ1) is 9.61. The van der Waals surface area contributed by atoms with Gasteiger partial charge in [0.25, 0.3) is 5.56 Å². The van der Waals surface area contributed by atoms with E-state index in [1.54, 1.807) is 10.9 Å². The number of halogens is 1. The lowest BCUT2D eigenvalue weighted by Crippen LogP contribution is -2.24. The first-order valence-electron chi connectivity index (χ1n) is 6.58. The largest absolute Gasteiger partial charge is 0.382 e. The maximum atomic E-state index is 12.0. The van der Waals surface area contributed by atoms with Gasteiger partial charge < -0.3 is 5.32 Å². The molecule has 2 heterocycles. The van der Waals surface area contributed by atoms with Crippen LogP contribution in [0, 0.1) is 0 Å². The topological polar surface area (TPSA) is 64.7 Å². The number of hydrogen-bond acceptors (Lipinski definition) is 4. The molecule has 0 aromatic carbocycles. The smallest absolute Gasteiger partial charge is 0.283 e. The van der Waals surface area contributed by atoms with E-state index in [-0.39, 0.29) is 5.56 Å². The van der Waals surface area contributed by atoms with Crippen molar-refractivity contribution >= 4 is 21.6 Å². The number of hydrogen-bond donors (Lipinski definition) is 1. The van der Waals surface area contributed by atoms with Gasteiger partial charge in [0.1, 0.15) is 4.47 Å². The zero-order valence-corrected chi connectivity index (χ0v) is 13.2. The molecule has 0 atom stereocenters. The number of nitrogens with one attached hydrogen (secondary N) is 1. The van der Waals surface area contributed by atoms with E-state index in [0.29, 0.717) is 11.0 Å². The Morgan fingerprint density at radius 1 is 1.35 bits per heavy atom. The zero-order valence-electron chi connectivity index (χ0n) is 11.6. The molecule has 0 amide bonds. The van der Waals surface area contributed by atoms with Crippen LogP contribution in [0.4, 0.5) is 5.69 Å². The van der Waals surface area contributed by atoms with Crippen molar-refractivity contribution in [3.63, 3.8) is 0 Å². The van der Waals surface area contributed by atoms with Crippen LogP contribution in [-0.2, 0) is 20.0 Å². The van der Waals surface area contributed by atoms with Crippen molar-refractivity contribution in [2.75, 3.05) is 11.9 Å². The van der Waals surface area contributed by atoms with Crippen LogP contribution in [0.25, 0.3) is 0 Å². The summed E-state index contributed by atoms with van der Waals surface area (Å²) in [5.74, 6) is 0. The molecule has 0 fully saturated rings. The molecular weight excluding hydrogens is 322 g/mol. The molecule has 0 radical (unpaired) electrons. The van der Waals surface area contributed by atoms with Gasteiger partial charge in [-0.05, 0) is 34.3 Å². The Kier molecular flexibility index (Phi) is 4.94. The van der Waals surface area contributed by atoms with Crippen molar-refractivity contribution in [2.45, 2.75) is 26.3 Å². The second-order valence-electron chi connectivity index (χ2n) is 4.60. The Morgan fingerprint density at radius 2 is 2.15 bits per heavy atom. The molecule has 0 bridgehead atoms. The lowest BCUT2D eigenvalue weighted by atomic mass is 10.2. The number of anilines is 1. The van der Waals surface area contributed by atoms with Gasteiger partial charge >= 0.3 is 0 Å². The highest BCUT2D eigenvalue weighted by Gasteiger charge is 2.08. The second-order valence-corrected chi connectivity index (χ2v) is 5.39. The van der Waals surface area contributed by atoms with Crippen molar-refractivity contribution in [1.82, 2.24) is 19.6 Å². The fourth-order valence-corrected chi connectivity index (χ4v) is 2.35. The lowest BCUT2D eigenvalue weighted by molar-refractivity contribution is 0.566. The molecule has 0 saturated carbocycles. The van der Waals surface area contributed by atoms with Crippen LogP contribution in [0.2, 0.25) is 0 Å². The highest BCUT2D eigenvalue weighted by molar-refractivity contribution is 9.10. The average molecular weight is 340 g/mol. The van der Waals surface area contributed by atoms with Crippen molar-refractivity contribution < 1.29 is 0 Å². The van der Waals surface area contributed by atoms with Crippen LogP contribution in [0.5, 0.6) is 0 Å². The number of rotatable bonds is 6. The Hall–Kier alpha value is -1.63. The minimum Gasteiger partial charge on any atom is -0.382 e. The lowest BCUT2D eigenvalue weighted by Gasteiger charge is -2.09. The first-order valence-corrected chi connectivity index (χ1v) is 7.38. The van der Waals surface area contributed by atoms with Gasteiger partial charge in [-0.1, -0.05) is 6.92 Å². The number of aromatic nitrogens is 4. The van der Waals surface area contributed by atoms with Crippen LogP contribution >= 0.6 is 15.9 Å². The van der Waals surface area contributed by atoms with Gasteiger partial charge in [0, 0.05) is 26.3 Å². The Bertz CT molecular complexity index is 634. The van der Waals surface area contributed by atoms with Crippen molar-refractivity contribution in [1.29, 1.82) is 0 Å². The van der Waals surface area contributed by atoms with Crippen LogP contribution < -0.4 is 10.9 Å². The van der Waals surface area contributed by atoms with Crippen molar-refractivity contribution in [3.8, 4) is 0 Å². The SMILES string of the molecule is CCCn1ncc(NCCc2cnn(C)c2)c(Br)c1=O. The van der Waals surface area contributed by atoms with Gasteiger partial charge in [-0.15, -0.1) is 0 Å². The standard InChI is InChI=1S/C13H18BrN5O/c1-3-6-19-13(20)12(14)11(8-17-19)15-5-4-10-7-16-18(2)9-10/h7-9,15H,3-6H2,1-2H3. The molecule has 1 N–H and O–H groups in total. The molecule has 20 heavy (non-hydrogen) atoms. The summed E-state index contributed by atoms with van der Waals surface area (Å²) < 4.78 is 3.78. The summed E-state index contributed by atoms with van der Waals surface area (Å²) >= 11 is 3.34. The molecule has 0 aliphatic carbocycles. The third-order valence-electron chi connectivity index (χ3n) is 2.91. The second kappa shape index (κ2) is 6.69. The van der Waals surface area contributed by atoms with Gasteiger partial charge in [-0.2, -0.15) is 10.2 Å². The molecule has 108 valence electrons. The highest BCUT2D eigenvalue weighted by atomic mass is 79.9. The van der Waals surface area contributed by atoms with E-state index in [1.165, 1.54) is 4.68 Å². The third-order valence-corrected chi connectivity index (χ3v) is 3.67. The Balaban J connectivity index is 1.99. The number of nitrogens with zero attached hydrogens (tertiary/aromatic N) is 4. The minimum absolute atomic E-state index is 0.0989. The Labute approximate surface area is 125 Å². The van der Waals surface area contributed by atoms with Crippen LogP contribution in [0.3, 0.4) is 0 Å². The number of aryl methyl sites for hydroxylation is 2. The molecule has 0 saturated heterocycles. The van der Waals surface area contributed by atoms with Gasteiger partial charge in [-0.25, -0.2) is 4.68 Å². The van der Waals surface area contributed by atoms with E-state index >= 15 is 0 Å². The van der Waals surface area contributed by atoms with Gasteiger partial charge in [-0.3, -0.25) is 9.48 Å². The van der Waals surface area contributed by atoms with Crippen LogP contribution in [0.1, 0.15) is 18.9 Å². The third kappa shape index (κ3) is 3.47. The molecule has 7 heteroatoms. The van der Waals surface area contributed by atoms with Gasteiger partial charge in [0.05, 0.1) is 18.1 Å². The molecule has 2 aromatic rings. The minimum atomic E-state index is -0.0989. The normalized spacial score (nSPS) is 10.8. The quantitative estimate of drug-likeness (QED) is 0.871. The van der Waals surface area contributed by atoms with Crippen LogP contribution in [0.15, 0.2) is 27.9 Å². The van der Waals surface area contributed by atoms with E-state index in [2.05, 4.69) is 31.4 Å². The summed E-state index contributed by atoms with van der Waals surface area (Å²) in [6.45, 7) is 3.37. The maximum Gasteiger partial charge on any atom is 0.283 e. The van der Waals surface area contributed by atoms with Crippen molar-refractivity contribution in [2.24, 2.45) is 7.05 Å². The van der Waals surface area contributed by atoms with E-state index in [0.717, 1.165) is 30.6 Å².